The molecule has 0 radical (unpaired) electrons. The largest absolute Gasteiger partial charge is 0.399 e. The molecule has 1 heterocycles. The molecule has 0 saturated carbocycles. The third kappa shape index (κ3) is 4.25. The van der Waals surface area contributed by atoms with Crippen molar-refractivity contribution in [2.24, 2.45) is 0 Å². The average Bonchev–Trinajstić information content (AvgIpc) is 2.46. The first-order chi connectivity index (χ1) is 9.90. The molecule has 0 spiro atoms. The highest BCUT2D eigenvalue weighted by Crippen LogP contribution is 2.27. The fourth-order valence-corrected chi connectivity index (χ4v) is 5.83. The van der Waals surface area contributed by atoms with Crippen LogP contribution in [0.3, 0.4) is 0 Å². The van der Waals surface area contributed by atoms with Crippen molar-refractivity contribution < 1.29 is 13.3 Å². The van der Waals surface area contributed by atoms with Gasteiger partial charge in [0.2, 0.25) is 10.0 Å². The highest BCUT2D eigenvalue weighted by atomic mass is 32.2. The average molecular weight is 349 g/mol. The Labute approximate surface area is 131 Å². The van der Waals surface area contributed by atoms with Gasteiger partial charge in [-0.15, -0.1) is 0 Å². The molecule has 116 valence electrons. The second kappa shape index (κ2) is 6.86. The summed E-state index contributed by atoms with van der Waals surface area (Å²) in [7, 11) is -3.95. The van der Waals surface area contributed by atoms with Gasteiger partial charge in [-0.2, -0.15) is 23.5 Å². The summed E-state index contributed by atoms with van der Waals surface area (Å²) in [5.74, 6) is 2.91. The minimum absolute atomic E-state index is 0.170. The van der Waals surface area contributed by atoms with E-state index in [0.717, 1.165) is 29.4 Å². The van der Waals surface area contributed by atoms with Gasteiger partial charge in [-0.05, 0) is 12.1 Å². The molecule has 1 aliphatic rings. The maximum absolute atomic E-state index is 12.3. The van der Waals surface area contributed by atoms with Crippen LogP contribution < -0.4 is 10.5 Å². The Morgan fingerprint density at radius 3 is 2.81 bits per heavy atom. The monoisotopic (exact) mass is 349 g/mol. The molecule has 0 aromatic heterocycles. The molecule has 1 aromatic carbocycles. The number of nitro groups is 1. The second-order valence-corrected chi connectivity index (χ2v) is 8.70. The maximum atomic E-state index is 12.3. The minimum Gasteiger partial charge on any atom is -0.399 e. The molecular formula is C11H15N3O4S3. The Hall–Kier alpha value is -0.970. The molecule has 0 aliphatic carbocycles. The first kappa shape index (κ1) is 16.4. The topological polar surface area (TPSA) is 115 Å². The standard InChI is InChI=1S/C11H15N3O4S3/c12-8-1-2-10(14(15)16)11(5-8)21(17,18)13-6-9-7-19-3-4-20-9/h1-2,5,9,13H,3-4,6-7,12H2. The van der Waals surface area contributed by atoms with Gasteiger partial charge in [-0.1, -0.05) is 0 Å². The number of hydrogen-bond donors (Lipinski definition) is 2. The highest BCUT2D eigenvalue weighted by molar-refractivity contribution is 8.06. The molecule has 0 amide bonds. The summed E-state index contributed by atoms with van der Waals surface area (Å²) in [6.07, 6.45) is 0. The van der Waals surface area contributed by atoms with E-state index in [1.165, 1.54) is 6.07 Å². The SMILES string of the molecule is Nc1ccc([N+](=O)[O-])c(S(=O)(=O)NCC2CSCCS2)c1. The number of nitrogens with two attached hydrogens (primary N) is 1. The number of hydrogen-bond acceptors (Lipinski definition) is 7. The van der Waals surface area contributed by atoms with Gasteiger partial charge in [0.15, 0.2) is 4.90 Å². The van der Waals surface area contributed by atoms with Gasteiger partial charge in [0.1, 0.15) is 0 Å². The Bertz CT molecular complexity index is 630. The van der Waals surface area contributed by atoms with Crippen LogP contribution in [0.15, 0.2) is 23.1 Å². The third-order valence-corrected chi connectivity index (χ3v) is 7.15. The third-order valence-electron chi connectivity index (χ3n) is 2.86. The predicted molar refractivity (Wildman–Crippen MR) is 86.3 cm³/mol. The summed E-state index contributed by atoms with van der Waals surface area (Å²) in [5, 5.41) is 11.1. The van der Waals surface area contributed by atoms with Crippen molar-refractivity contribution in [1.82, 2.24) is 4.72 Å². The molecule has 1 atom stereocenters. The molecule has 1 fully saturated rings. The molecule has 2 rings (SSSR count). The number of nitrogens with one attached hydrogen (secondary N) is 1. The molecular weight excluding hydrogens is 334 g/mol. The van der Waals surface area contributed by atoms with E-state index in [2.05, 4.69) is 4.72 Å². The Kier molecular flexibility index (Phi) is 5.36. The Morgan fingerprint density at radius 1 is 1.43 bits per heavy atom. The van der Waals surface area contributed by atoms with Gasteiger partial charge in [-0.3, -0.25) is 10.1 Å². The van der Waals surface area contributed by atoms with Crippen molar-refractivity contribution in [2.45, 2.75) is 10.1 Å². The van der Waals surface area contributed by atoms with Crippen molar-refractivity contribution in [3.05, 3.63) is 28.3 Å². The number of anilines is 1. The number of nitrogen functional groups attached to an aromatic ring is 1. The second-order valence-electron chi connectivity index (χ2n) is 4.40. The van der Waals surface area contributed by atoms with Gasteiger partial charge in [-0.25, -0.2) is 13.1 Å². The van der Waals surface area contributed by atoms with Crippen LogP contribution in [-0.4, -0.2) is 42.4 Å². The van der Waals surface area contributed by atoms with Crippen molar-refractivity contribution in [1.29, 1.82) is 0 Å². The summed E-state index contributed by atoms with van der Waals surface area (Å²) in [6, 6.07) is 3.53. The van der Waals surface area contributed by atoms with Crippen LogP contribution in [-0.2, 0) is 10.0 Å². The molecule has 1 aliphatic heterocycles. The molecule has 0 bridgehead atoms. The Morgan fingerprint density at radius 2 is 2.19 bits per heavy atom. The van der Waals surface area contributed by atoms with E-state index in [9.17, 15) is 18.5 Å². The van der Waals surface area contributed by atoms with Crippen LogP contribution in [0.25, 0.3) is 0 Å². The predicted octanol–water partition coefficient (Wildman–Crippen LogP) is 1.30. The molecule has 1 saturated heterocycles. The smallest absolute Gasteiger partial charge is 0.289 e. The summed E-state index contributed by atoms with van der Waals surface area (Å²) in [5.41, 5.74) is 5.24. The first-order valence-electron chi connectivity index (χ1n) is 6.13. The van der Waals surface area contributed by atoms with Crippen LogP contribution in [0, 0.1) is 10.1 Å². The lowest BCUT2D eigenvalue weighted by Gasteiger charge is -2.21. The van der Waals surface area contributed by atoms with E-state index in [1.54, 1.807) is 23.5 Å². The zero-order valence-electron chi connectivity index (χ0n) is 11.0. The lowest BCUT2D eigenvalue weighted by molar-refractivity contribution is -0.387. The summed E-state index contributed by atoms with van der Waals surface area (Å²) in [6.45, 7) is 0.256. The Balaban J connectivity index is 2.18. The fourth-order valence-electron chi connectivity index (χ4n) is 1.83. The van der Waals surface area contributed by atoms with E-state index in [-0.39, 0.29) is 22.4 Å². The van der Waals surface area contributed by atoms with E-state index in [1.807, 2.05) is 0 Å². The number of benzene rings is 1. The lowest BCUT2D eigenvalue weighted by atomic mass is 10.3. The van der Waals surface area contributed by atoms with Crippen LogP contribution in [0.5, 0.6) is 0 Å². The number of nitro benzene ring substituents is 1. The molecule has 3 N–H and O–H groups in total. The van der Waals surface area contributed by atoms with Gasteiger partial charge < -0.3 is 5.73 Å². The minimum atomic E-state index is -3.95. The maximum Gasteiger partial charge on any atom is 0.289 e. The van der Waals surface area contributed by atoms with Crippen molar-refractivity contribution >= 4 is 44.9 Å². The fraction of sp³-hybridized carbons (Fsp3) is 0.455. The van der Waals surface area contributed by atoms with Gasteiger partial charge >= 0.3 is 0 Å². The van der Waals surface area contributed by atoms with E-state index < -0.39 is 20.6 Å². The number of sulfonamides is 1. The van der Waals surface area contributed by atoms with Gasteiger partial charge in [0, 0.05) is 40.8 Å². The van der Waals surface area contributed by atoms with E-state index in [4.69, 9.17) is 5.73 Å². The van der Waals surface area contributed by atoms with Crippen LogP contribution in [0.1, 0.15) is 0 Å². The van der Waals surface area contributed by atoms with Crippen molar-refractivity contribution in [3.8, 4) is 0 Å². The number of thioether (sulfide) groups is 2. The van der Waals surface area contributed by atoms with E-state index >= 15 is 0 Å². The molecule has 1 aromatic rings. The normalized spacial score (nSPS) is 19.3. The summed E-state index contributed by atoms with van der Waals surface area (Å²) >= 11 is 3.48. The molecule has 10 heteroatoms. The summed E-state index contributed by atoms with van der Waals surface area (Å²) < 4.78 is 27.0. The number of nitrogens with zero attached hydrogens (tertiary/aromatic N) is 1. The van der Waals surface area contributed by atoms with Crippen LogP contribution in [0.2, 0.25) is 0 Å². The molecule has 7 nitrogen and oxygen atoms in total. The van der Waals surface area contributed by atoms with Gasteiger partial charge in [0.25, 0.3) is 5.69 Å². The zero-order chi connectivity index (χ0) is 15.5. The quantitative estimate of drug-likeness (QED) is 0.468. The molecule has 21 heavy (non-hydrogen) atoms. The van der Waals surface area contributed by atoms with E-state index in [0.29, 0.717) is 0 Å². The lowest BCUT2D eigenvalue weighted by Crippen LogP contribution is -2.33. The van der Waals surface area contributed by atoms with Crippen molar-refractivity contribution in [3.63, 3.8) is 0 Å². The zero-order valence-corrected chi connectivity index (χ0v) is 13.5. The summed E-state index contributed by atoms with van der Waals surface area (Å²) in [4.78, 5) is 9.84. The highest BCUT2D eigenvalue weighted by Gasteiger charge is 2.27. The van der Waals surface area contributed by atoms with Gasteiger partial charge in [0.05, 0.1) is 4.92 Å². The van der Waals surface area contributed by atoms with Crippen molar-refractivity contribution in [2.75, 3.05) is 29.5 Å². The first-order valence-corrected chi connectivity index (χ1v) is 9.82. The van der Waals surface area contributed by atoms with Crippen LogP contribution in [0.4, 0.5) is 11.4 Å². The van der Waals surface area contributed by atoms with Crippen LogP contribution >= 0.6 is 23.5 Å². The molecule has 1 unspecified atom stereocenters. The number of rotatable bonds is 5.